The molecule has 124 heavy (non-hydrogen) atoms. The van der Waals surface area contributed by atoms with E-state index < -0.39 is 0 Å². The molecule has 0 aliphatic carbocycles. The number of aliphatic imine (C=N–C) groups is 4. The second-order valence-electron chi connectivity index (χ2n) is 31.8. The second kappa shape index (κ2) is 35.8. The predicted molar refractivity (Wildman–Crippen MR) is 507 cm³/mol. The largest absolute Gasteiger partial charge is 0.354 e. The molecule has 13 heterocycles. The maximum absolute atomic E-state index is 12.4. The molecule has 4 aromatic carbocycles. The molecule has 8 aromatic heterocycles. The Hall–Kier alpha value is -13.0. The Morgan fingerprint density at radius 1 is 0.258 bits per heavy atom. The van der Waals surface area contributed by atoms with Crippen LogP contribution in [0.4, 0.5) is 22.7 Å². The van der Waals surface area contributed by atoms with E-state index in [1.165, 1.54) is 0 Å². The molecular weight excluding hydrogens is 1630 g/mol. The number of rotatable bonds is 24. The van der Waals surface area contributed by atoms with Gasteiger partial charge in [-0.3, -0.25) is 40.5 Å². The minimum Gasteiger partial charge on any atom is -0.354 e. The van der Waals surface area contributed by atoms with Gasteiger partial charge in [-0.15, -0.1) is 45.3 Å². The summed E-state index contributed by atoms with van der Waals surface area (Å²) < 4.78 is 0. The van der Waals surface area contributed by atoms with Crippen LogP contribution in [0.3, 0.4) is 0 Å². The van der Waals surface area contributed by atoms with Gasteiger partial charge < -0.3 is 19.9 Å². The molecule has 12 aromatic rings. The molecule has 0 fully saturated rings. The van der Waals surface area contributed by atoms with Crippen molar-refractivity contribution in [3.8, 4) is 42.3 Å². The Labute approximate surface area is 734 Å². The first-order chi connectivity index (χ1) is 60.3. The van der Waals surface area contributed by atoms with Gasteiger partial charge in [0.2, 0.25) is 0 Å². The number of fused-ring (bicyclic) bond motifs is 28. The molecule has 0 spiro atoms. The van der Waals surface area contributed by atoms with Gasteiger partial charge in [-0.25, -0.2) is 20.0 Å². The van der Waals surface area contributed by atoms with Crippen LogP contribution < -0.4 is 0 Å². The molecule has 5 aliphatic heterocycles. The van der Waals surface area contributed by atoms with Gasteiger partial charge in [0, 0.05) is 70.8 Å². The van der Waals surface area contributed by atoms with Crippen LogP contribution in [0, 0.1) is 40.5 Å². The molecule has 0 atom stereocenters. The van der Waals surface area contributed by atoms with Gasteiger partial charge in [-0.1, -0.05) is 107 Å². The van der Waals surface area contributed by atoms with Gasteiger partial charge in [-0.05, 0) is 264 Å². The van der Waals surface area contributed by atoms with Crippen LogP contribution in [-0.4, -0.2) is 62.5 Å². The molecule has 24 heteroatoms. The number of thiophene rings is 4. The molecule has 20 nitrogen and oxygen atoms in total. The van der Waals surface area contributed by atoms with Crippen molar-refractivity contribution >= 4 is 113 Å². The van der Waals surface area contributed by atoms with Gasteiger partial charge in [0.25, 0.3) is 22.7 Å². The van der Waals surface area contributed by atoms with E-state index in [9.17, 15) is 40.5 Å². The summed E-state index contributed by atoms with van der Waals surface area (Å²) in [4.78, 5) is 94.3. The lowest BCUT2D eigenvalue weighted by Crippen LogP contribution is -1.99. The molecule has 0 saturated carbocycles. The third kappa shape index (κ3) is 16.3. The summed E-state index contributed by atoms with van der Waals surface area (Å²) >= 11 is 6.55. The number of allylic oxidation sites excluding steroid dienone is 8. The van der Waals surface area contributed by atoms with Gasteiger partial charge >= 0.3 is 0 Å². The van der Waals surface area contributed by atoms with Gasteiger partial charge in [0.1, 0.15) is 0 Å². The van der Waals surface area contributed by atoms with E-state index in [0.29, 0.717) is 25.7 Å². The van der Waals surface area contributed by atoms with Crippen molar-refractivity contribution in [1.82, 2.24) is 19.9 Å². The van der Waals surface area contributed by atoms with Crippen molar-refractivity contribution in [2.24, 2.45) is 20.0 Å². The fraction of sp³-hybridized carbons (Fsp3) is 0.240. The number of H-pyrrole nitrogens is 4. The van der Waals surface area contributed by atoms with Crippen LogP contribution >= 0.6 is 45.3 Å². The van der Waals surface area contributed by atoms with Crippen LogP contribution in [0.15, 0.2) is 259 Å². The summed E-state index contributed by atoms with van der Waals surface area (Å²) in [6.45, 7) is 17.3. The zero-order valence-electron chi connectivity index (χ0n) is 70.3. The van der Waals surface area contributed by atoms with E-state index in [2.05, 4.69) is 172 Å². The predicted octanol–water partition coefficient (Wildman–Crippen LogP) is 27.6. The average molecular weight is 1720 g/mol. The number of aryl methyl sites for hydroxylation is 4. The quantitative estimate of drug-likeness (QED) is 0.0332. The Morgan fingerprint density at radius 2 is 0.444 bits per heavy atom. The Bertz CT molecular complexity index is 5890. The fourth-order valence-corrected chi connectivity index (χ4v) is 21.2. The summed E-state index contributed by atoms with van der Waals surface area (Å²) in [5.74, 6) is 0. The molecule has 17 rings (SSSR count). The molecule has 4 N–H and O–H groups in total. The van der Waals surface area contributed by atoms with Crippen molar-refractivity contribution in [1.29, 1.82) is 0 Å². The molecule has 0 saturated heterocycles. The van der Waals surface area contributed by atoms with E-state index in [0.717, 1.165) is 296 Å². The van der Waals surface area contributed by atoms with Crippen LogP contribution in [0.25, 0.3) is 64.6 Å². The number of nitro benzene ring substituents is 4. The number of nitrogens with one attached hydrogen (secondary N) is 4. The van der Waals surface area contributed by atoms with E-state index in [4.69, 9.17) is 20.0 Å². The number of nitrogens with zero attached hydrogens (tertiary/aromatic N) is 8. The zero-order valence-corrected chi connectivity index (χ0v) is 73.5. The average Bonchev–Trinajstić information content (AvgIpc) is 1.61. The molecule has 0 radical (unpaired) electrons. The lowest BCUT2D eigenvalue weighted by Gasteiger charge is -2.14. The van der Waals surface area contributed by atoms with Crippen molar-refractivity contribution in [2.75, 3.05) is 0 Å². The Balaban J connectivity index is 0.886. The summed E-state index contributed by atoms with van der Waals surface area (Å²) in [7, 11) is 0. The minimum atomic E-state index is -0.368. The van der Waals surface area contributed by atoms with E-state index in [1.807, 2.05) is 48.5 Å². The third-order valence-corrected chi connectivity index (χ3v) is 27.6. The minimum absolute atomic E-state index is 0.0169. The fourth-order valence-electron chi connectivity index (χ4n) is 17.4. The smallest absolute Gasteiger partial charge is 0.269 e. The summed E-state index contributed by atoms with van der Waals surface area (Å²) in [6, 6.07) is 53.3. The molecule has 0 amide bonds. The molecule has 624 valence electrons. The number of aromatic nitrogens is 4. The van der Waals surface area contributed by atoms with E-state index in [-0.39, 0.29) is 42.4 Å². The highest BCUT2D eigenvalue weighted by Crippen LogP contribution is 2.49. The topological polar surface area (TPSA) is 285 Å². The van der Waals surface area contributed by atoms with Crippen molar-refractivity contribution in [3.63, 3.8) is 0 Å². The van der Waals surface area contributed by atoms with Gasteiger partial charge in [0.05, 0.1) is 150 Å². The maximum atomic E-state index is 12.4. The monoisotopic (exact) mass is 1720 g/mol. The van der Waals surface area contributed by atoms with E-state index >= 15 is 0 Å². The van der Waals surface area contributed by atoms with E-state index in [1.54, 1.807) is 93.9 Å². The lowest BCUT2D eigenvalue weighted by molar-refractivity contribution is -0.385. The third-order valence-electron chi connectivity index (χ3n) is 23.1. The molecule has 0 unspecified atom stereocenters. The highest BCUT2D eigenvalue weighted by molar-refractivity contribution is 7.18. The standard InChI is InChI=1S/C100H92N12O8S4/c1-9-17-61-49-73-81-41-42-82(121-81)75-51-63(19-11-3)95(103-75)90(58-27-35-70(36-28-58)110(115)116)96-65(21-13-5)53-77(105-96)85-45-46-86(123-85)79-55-67(23-15-7)99(107-79)92(60-31-39-72(40-32-60)112(119)120)100-68(24-16-8)56-80(108-100)88-48-47-87(124-88)78-54-66(22-14-6)98(106-78)91(59-29-37-71(38-30-59)111(117)118)97-64(20-12-4)52-76(104-97)84-44-43-83(122-84)74-50-62(18-10-2)94(102-74)89(93(61)101-73)57-25-33-69(34-26-57)109(113)114/h25-56,101,104-105,108H,9-24H2,1-8H3/b81-73?,82-75?,83-74?,84-76?,85-77?,86-79?,87-78?,88-80?,93-89?,94-89-,95-90-,96-90?,97-91?,98-91-,99-92-,100-92?. The number of nitro groups is 4. The van der Waals surface area contributed by atoms with Gasteiger partial charge in [0.15, 0.2) is 0 Å². The molecular formula is C100H92N12O8S4. The number of hydrogen-bond donors (Lipinski definition) is 4. The SMILES string of the molecule is CCCC1=CC2=N/C1=C(/c1ccc([N+](=O)[O-])cc1)c1[nH]c(cc1CCC)-c1ccc(s1)C1=N/C(=C(/c3ccc([N+](=O)[O-])cc3)c3[nH]c(cc3CCC)-c3ccc(s3)C3=N/C(=C(/c4ccc([N+](=O)[O-])cc4)c4[nH]c(cc4CCC)-c4ccc(s4)C4=N/C(=C(/c5ccc([N+](=O)[O-])cc5)c5[nH]c(cc5CCC)-c5ccc2s5)C(CCC)=C4)C(CCC)=C3)C(CCC)=C1. The number of non-ortho nitro benzene ring substituents is 4. The first-order valence-corrected chi connectivity index (χ1v) is 46.1. The zero-order chi connectivity index (χ0) is 86.1. The first-order valence-electron chi connectivity index (χ1n) is 42.8. The maximum Gasteiger partial charge on any atom is 0.269 e. The van der Waals surface area contributed by atoms with Crippen LogP contribution in [-0.2, 0) is 25.7 Å². The van der Waals surface area contributed by atoms with Crippen molar-refractivity contribution in [3.05, 3.63) is 366 Å². The van der Waals surface area contributed by atoms with Crippen molar-refractivity contribution < 1.29 is 19.7 Å². The Kier molecular flexibility index (Phi) is 24.1. The highest BCUT2D eigenvalue weighted by atomic mass is 32.1. The molecule has 5 aliphatic rings. The van der Waals surface area contributed by atoms with Gasteiger partial charge in [-0.2, -0.15) is 0 Å². The highest BCUT2D eigenvalue weighted by Gasteiger charge is 2.34. The number of hydrogen-bond acceptors (Lipinski definition) is 16. The summed E-state index contributed by atoms with van der Waals surface area (Å²) in [5.41, 5.74) is 28.4. The first kappa shape index (κ1) is 83.3. The number of benzene rings is 4. The molecule has 24 bridgehead atoms. The normalized spacial score (nSPS) is 16.8. The van der Waals surface area contributed by atoms with Crippen LogP contribution in [0.1, 0.15) is 219 Å². The summed E-state index contributed by atoms with van der Waals surface area (Å²) in [6.07, 6.45) is 21.2. The van der Waals surface area contributed by atoms with Crippen LogP contribution in [0.5, 0.6) is 0 Å². The second-order valence-corrected chi connectivity index (χ2v) is 36.1. The summed E-state index contributed by atoms with van der Waals surface area (Å²) in [5, 5.41) is 49.5. The van der Waals surface area contributed by atoms with Crippen LogP contribution in [0.2, 0.25) is 0 Å². The lowest BCUT2D eigenvalue weighted by atomic mass is 9.93. The van der Waals surface area contributed by atoms with Crippen molar-refractivity contribution in [2.45, 2.75) is 158 Å². The number of aromatic amines is 4. The Morgan fingerprint density at radius 3 is 0.621 bits per heavy atom.